The Hall–Kier alpha value is -5.10. The number of rotatable bonds is 6. The lowest BCUT2D eigenvalue weighted by atomic mass is 10.1. The minimum Gasteiger partial charge on any atom is -0.493 e. The Balaban J connectivity index is 1.39. The van der Waals surface area contributed by atoms with Crippen molar-refractivity contribution >= 4 is 21.7 Å². The first kappa shape index (κ1) is 27.1. The van der Waals surface area contributed by atoms with Crippen LogP contribution in [0.25, 0.3) is 39.5 Å². The average Bonchev–Trinajstić information content (AvgIpc) is 3.35. The summed E-state index contributed by atoms with van der Waals surface area (Å²) in [5, 5.41) is 4.83. The van der Waals surface area contributed by atoms with Gasteiger partial charge in [0.05, 0.1) is 49.0 Å². The predicted molar refractivity (Wildman–Crippen MR) is 160 cm³/mol. The van der Waals surface area contributed by atoms with E-state index in [2.05, 4.69) is 9.97 Å². The van der Waals surface area contributed by atoms with Crippen LogP contribution in [0, 0.1) is 6.92 Å². The van der Waals surface area contributed by atoms with Crippen LogP contribution in [0.1, 0.15) is 5.69 Å². The molecule has 0 atom stereocenters. The van der Waals surface area contributed by atoms with Crippen molar-refractivity contribution < 1.29 is 22.6 Å². The Morgan fingerprint density at radius 1 is 0.810 bits per heavy atom. The van der Waals surface area contributed by atoms with Gasteiger partial charge in [0.1, 0.15) is 11.4 Å². The molecule has 1 aliphatic rings. The molecule has 6 rings (SSSR count). The molecule has 0 saturated carbocycles. The van der Waals surface area contributed by atoms with Crippen LogP contribution in [0.5, 0.6) is 17.2 Å². The van der Waals surface area contributed by atoms with Gasteiger partial charge in [-0.15, -0.1) is 0 Å². The Labute approximate surface area is 243 Å². The summed E-state index contributed by atoms with van der Waals surface area (Å²) in [5.74, 6) is 1.57. The molecule has 214 valence electrons. The minimum absolute atomic E-state index is 0.110. The highest BCUT2D eigenvalue weighted by Crippen LogP contribution is 2.44. The van der Waals surface area contributed by atoms with Crippen LogP contribution in [0.3, 0.4) is 0 Å². The van der Waals surface area contributed by atoms with E-state index in [1.54, 1.807) is 63.4 Å². The van der Waals surface area contributed by atoms with Crippen molar-refractivity contribution in [2.24, 2.45) is 0 Å². The van der Waals surface area contributed by atoms with Gasteiger partial charge in [-0.3, -0.25) is 4.31 Å². The Bertz CT molecular complexity index is 1930. The molecule has 5 aromatic rings. The quantitative estimate of drug-likeness (QED) is 0.301. The van der Waals surface area contributed by atoms with Crippen LogP contribution in [-0.2, 0) is 10.0 Å². The van der Waals surface area contributed by atoms with Gasteiger partial charge >= 0.3 is 0 Å². The first-order valence-electron chi connectivity index (χ1n) is 12.9. The van der Waals surface area contributed by atoms with Crippen molar-refractivity contribution in [2.45, 2.75) is 11.8 Å². The summed E-state index contributed by atoms with van der Waals surface area (Å²) in [5.41, 5.74) is 12.1. The predicted octanol–water partition coefficient (Wildman–Crippen LogP) is 4.72. The average molecular weight is 585 g/mol. The standard InChI is InChI=1S/C30H28N6O5S/c1-17-28-27(21-8-6-7-9-26(21)42(37,38)35(28)2)34-36(17)20-12-10-18(11-13-20)22-16-23(33-30(31)32-22)19-14-24(39-3)29(41-5)25(15-19)40-4/h6-16H,1-5H3,(H2,31,32,33). The van der Waals surface area contributed by atoms with Gasteiger partial charge in [-0.1, -0.05) is 30.3 Å². The first-order valence-corrected chi connectivity index (χ1v) is 14.4. The van der Waals surface area contributed by atoms with Crippen LogP contribution < -0.4 is 24.2 Å². The van der Waals surface area contributed by atoms with Gasteiger partial charge in [0.25, 0.3) is 10.0 Å². The van der Waals surface area contributed by atoms with Crippen molar-refractivity contribution in [1.29, 1.82) is 0 Å². The summed E-state index contributed by atoms with van der Waals surface area (Å²) in [6.07, 6.45) is 0. The fourth-order valence-corrected chi connectivity index (χ4v) is 6.67. The van der Waals surface area contributed by atoms with Crippen molar-refractivity contribution in [3.8, 4) is 56.7 Å². The summed E-state index contributed by atoms with van der Waals surface area (Å²) in [7, 11) is 2.52. The van der Waals surface area contributed by atoms with Gasteiger partial charge in [-0.2, -0.15) is 5.10 Å². The van der Waals surface area contributed by atoms with E-state index in [4.69, 9.17) is 25.0 Å². The second kappa shape index (κ2) is 10.1. The summed E-state index contributed by atoms with van der Waals surface area (Å²) in [6.45, 7) is 1.86. The van der Waals surface area contributed by atoms with E-state index in [1.807, 2.05) is 43.3 Å². The summed E-state index contributed by atoms with van der Waals surface area (Å²) in [6, 6.07) is 20.0. The smallest absolute Gasteiger partial charge is 0.264 e. The van der Waals surface area contributed by atoms with Gasteiger partial charge in [-0.05, 0) is 43.3 Å². The molecule has 11 nitrogen and oxygen atoms in total. The third-order valence-electron chi connectivity index (χ3n) is 7.29. The SMILES string of the molecule is COc1cc(-c2cc(-c3ccc(-n4nc5c(c4C)N(C)S(=O)(=O)c4ccccc4-5)cc3)nc(N)n2)cc(OC)c1OC. The molecule has 0 aliphatic carbocycles. The number of fused-ring (bicyclic) bond motifs is 3. The normalized spacial score (nSPS) is 13.3. The van der Waals surface area contributed by atoms with Crippen molar-refractivity contribution in [2.75, 3.05) is 38.4 Å². The lowest BCUT2D eigenvalue weighted by molar-refractivity contribution is 0.324. The molecule has 3 aromatic carbocycles. The van der Waals surface area contributed by atoms with Crippen molar-refractivity contribution in [1.82, 2.24) is 19.7 Å². The van der Waals surface area contributed by atoms with E-state index < -0.39 is 10.0 Å². The highest BCUT2D eigenvalue weighted by molar-refractivity contribution is 7.93. The number of aromatic nitrogens is 4. The zero-order valence-corrected chi connectivity index (χ0v) is 24.4. The van der Waals surface area contributed by atoms with Crippen LogP contribution in [-0.4, -0.2) is 56.5 Å². The Kier molecular flexibility index (Phi) is 6.49. The van der Waals surface area contributed by atoms with Crippen LogP contribution in [0.15, 0.2) is 71.6 Å². The van der Waals surface area contributed by atoms with E-state index in [-0.39, 0.29) is 10.8 Å². The lowest BCUT2D eigenvalue weighted by Crippen LogP contribution is -2.30. The van der Waals surface area contributed by atoms with E-state index in [9.17, 15) is 8.42 Å². The fourth-order valence-electron chi connectivity index (χ4n) is 5.22. The number of ether oxygens (including phenoxy) is 3. The molecule has 1 aliphatic heterocycles. The highest BCUT2D eigenvalue weighted by Gasteiger charge is 2.36. The number of benzene rings is 3. The number of nitrogens with two attached hydrogens (primary N) is 1. The van der Waals surface area contributed by atoms with E-state index in [0.29, 0.717) is 56.8 Å². The second-order valence-corrected chi connectivity index (χ2v) is 11.6. The molecule has 3 heterocycles. The second-order valence-electron chi connectivity index (χ2n) is 9.62. The molecule has 42 heavy (non-hydrogen) atoms. The van der Waals surface area contributed by atoms with E-state index in [0.717, 1.165) is 11.3 Å². The topological polar surface area (TPSA) is 135 Å². The van der Waals surface area contributed by atoms with Crippen LogP contribution in [0.4, 0.5) is 11.6 Å². The Morgan fingerprint density at radius 3 is 2.05 bits per heavy atom. The van der Waals surface area contributed by atoms with Crippen molar-refractivity contribution in [3.63, 3.8) is 0 Å². The highest BCUT2D eigenvalue weighted by atomic mass is 32.2. The van der Waals surface area contributed by atoms with Gasteiger partial charge in [0, 0.05) is 23.7 Å². The van der Waals surface area contributed by atoms with Crippen LogP contribution in [0.2, 0.25) is 0 Å². The van der Waals surface area contributed by atoms with Gasteiger partial charge in [-0.25, -0.2) is 23.1 Å². The molecule has 0 spiro atoms. The molecule has 12 heteroatoms. The molecular weight excluding hydrogens is 556 g/mol. The van der Waals surface area contributed by atoms with Crippen LogP contribution >= 0.6 is 0 Å². The van der Waals surface area contributed by atoms with Gasteiger partial charge < -0.3 is 19.9 Å². The zero-order chi connectivity index (χ0) is 29.8. The van der Waals surface area contributed by atoms with E-state index >= 15 is 0 Å². The maximum Gasteiger partial charge on any atom is 0.264 e. The molecule has 0 saturated heterocycles. The number of nitrogens with zero attached hydrogens (tertiary/aromatic N) is 5. The third-order valence-corrected chi connectivity index (χ3v) is 9.11. The fraction of sp³-hybridized carbons (Fsp3) is 0.167. The van der Waals surface area contributed by atoms with Gasteiger partial charge in [0.2, 0.25) is 11.7 Å². The number of hydrogen-bond donors (Lipinski definition) is 1. The zero-order valence-electron chi connectivity index (χ0n) is 23.6. The molecule has 0 amide bonds. The molecule has 0 radical (unpaired) electrons. The maximum absolute atomic E-state index is 13.2. The Morgan fingerprint density at radius 2 is 1.43 bits per heavy atom. The first-order chi connectivity index (χ1) is 20.2. The maximum atomic E-state index is 13.2. The summed E-state index contributed by atoms with van der Waals surface area (Å²) in [4.78, 5) is 9.13. The lowest BCUT2D eigenvalue weighted by Gasteiger charge is -2.26. The minimum atomic E-state index is -3.68. The number of nitrogen functional groups attached to an aromatic ring is 1. The number of methoxy groups -OCH3 is 3. The molecule has 2 N–H and O–H groups in total. The molecule has 0 bridgehead atoms. The molecule has 2 aromatic heterocycles. The third kappa shape index (κ3) is 4.18. The molecular formula is C30H28N6O5S. The number of sulfonamides is 1. The molecule has 0 unspecified atom stereocenters. The monoisotopic (exact) mass is 584 g/mol. The largest absolute Gasteiger partial charge is 0.493 e. The molecule has 0 fully saturated rings. The van der Waals surface area contributed by atoms with E-state index in [1.165, 1.54) is 4.31 Å². The number of hydrogen-bond acceptors (Lipinski definition) is 9. The van der Waals surface area contributed by atoms with Gasteiger partial charge in [0.15, 0.2) is 11.5 Å². The summed E-state index contributed by atoms with van der Waals surface area (Å²) < 4.78 is 45.8. The van der Waals surface area contributed by atoms with Crippen molar-refractivity contribution in [3.05, 3.63) is 72.4 Å². The summed E-state index contributed by atoms with van der Waals surface area (Å²) >= 11 is 0. The number of anilines is 2.